The number of hydrogen-bond acceptors (Lipinski definition) is 5. The van der Waals surface area contributed by atoms with E-state index in [2.05, 4.69) is 46.5 Å². The van der Waals surface area contributed by atoms with E-state index in [0.717, 1.165) is 65.8 Å². The van der Waals surface area contributed by atoms with Crippen molar-refractivity contribution in [1.82, 2.24) is 15.3 Å². The zero-order valence-corrected chi connectivity index (χ0v) is 18.3. The summed E-state index contributed by atoms with van der Waals surface area (Å²) >= 11 is 6.11. The normalized spacial score (nSPS) is 22.6. The van der Waals surface area contributed by atoms with E-state index in [0.29, 0.717) is 0 Å². The molecule has 0 aliphatic carbocycles. The third-order valence-corrected chi connectivity index (χ3v) is 6.71. The fourth-order valence-electron chi connectivity index (χ4n) is 4.90. The number of likely N-dealkylation sites (tertiary alicyclic amines) is 1. The van der Waals surface area contributed by atoms with Crippen molar-refractivity contribution in [3.63, 3.8) is 0 Å². The molecule has 2 aromatic carbocycles. The molecule has 1 N–H and O–H groups in total. The Hall–Kier alpha value is -2.21. The topological polar surface area (TPSA) is 37.0 Å². The maximum atomic E-state index is 6.78. The Morgan fingerprint density at radius 2 is 1.93 bits per heavy atom. The smallest absolute Gasteiger partial charge is 0.183 e. The van der Waals surface area contributed by atoms with Gasteiger partial charge >= 0.3 is 0 Å². The SMILES string of the molecule is CCCN1CCC2(CC1)Oc1c(OC)cccc1[C@@H]1C=C(c3ccc(Cl)cc3)NN12. The van der Waals surface area contributed by atoms with Crippen LogP contribution >= 0.6 is 11.6 Å². The van der Waals surface area contributed by atoms with Crippen LogP contribution in [0.3, 0.4) is 0 Å². The Morgan fingerprint density at radius 3 is 2.63 bits per heavy atom. The number of methoxy groups -OCH3 is 1. The molecule has 0 amide bonds. The summed E-state index contributed by atoms with van der Waals surface area (Å²) in [5, 5.41) is 3.07. The number of fused-ring (bicyclic) bond motifs is 4. The van der Waals surface area contributed by atoms with Crippen molar-refractivity contribution in [2.75, 3.05) is 26.7 Å². The summed E-state index contributed by atoms with van der Waals surface area (Å²) < 4.78 is 12.5. The predicted octanol–water partition coefficient (Wildman–Crippen LogP) is 4.85. The summed E-state index contributed by atoms with van der Waals surface area (Å²) in [4.78, 5) is 2.53. The highest BCUT2D eigenvalue weighted by atomic mass is 35.5. The standard InChI is InChI=1S/C24H28ClN3O2/c1-3-13-27-14-11-24(12-15-27)28-21(19-5-4-6-22(29-2)23(19)30-24)16-20(26-28)17-7-9-18(25)10-8-17/h4-10,16,21,26H,3,11-15H2,1-2H3/t21-/m0/s1. The molecule has 0 radical (unpaired) electrons. The van der Waals surface area contributed by atoms with Crippen molar-refractivity contribution in [1.29, 1.82) is 0 Å². The van der Waals surface area contributed by atoms with E-state index in [1.54, 1.807) is 7.11 Å². The molecule has 1 spiro atoms. The number of piperidine rings is 1. The van der Waals surface area contributed by atoms with E-state index in [4.69, 9.17) is 21.1 Å². The van der Waals surface area contributed by atoms with Crippen LogP contribution in [0.5, 0.6) is 11.5 Å². The van der Waals surface area contributed by atoms with Gasteiger partial charge in [0.25, 0.3) is 0 Å². The molecule has 158 valence electrons. The Bertz CT molecular complexity index is 951. The number of ether oxygens (including phenoxy) is 2. The first-order chi connectivity index (χ1) is 14.6. The largest absolute Gasteiger partial charge is 0.493 e. The lowest BCUT2D eigenvalue weighted by Crippen LogP contribution is -2.63. The zero-order chi connectivity index (χ0) is 20.7. The molecular weight excluding hydrogens is 398 g/mol. The Morgan fingerprint density at radius 1 is 1.17 bits per heavy atom. The number of nitrogens with zero attached hydrogens (tertiary/aromatic N) is 2. The summed E-state index contributed by atoms with van der Waals surface area (Å²) in [7, 11) is 1.71. The Labute approximate surface area is 183 Å². The first-order valence-corrected chi connectivity index (χ1v) is 11.1. The van der Waals surface area contributed by atoms with Crippen molar-refractivity contribution >= 4 is 17.3 Å². The minimum Gasteiger partial charge on any atom is -0.493 e. The molecule has 0 aromatic heterocycles. The third kappa shape index (κ3) is 3.25. The molecule has 3 aliphatic heterocycles. The number of nitrogens with one attached hydrogen (secondary N) is 1. The van der Waals surface area contributed by atoms with Gasteiger partial charge < -0.3 is 19.8 Å². The average Bonchev–Trinajstić information content (AvgIpc) is 3.23. The number of hydrogen-bond donors (Lipinski definition) is 1. The number of rotatable bonds is 4. The number of hydrazine groups is 1. The number of benzene rings is 2. The lowest BCUT2D eigenvalue weighted by molar-refractivity contribution is -0.160. The van der Waals surface area contributed by atoms with Crippen molar-refractivity contribution in [2.24, 2.45) is 0 Å². The molecule has 0 unspecified atom stereocenters. The van der Waals surface area contributed by atoms with E-state index >= 15 is 0 Å². The second-order valence-electron chi connectivity index (χ2n) is 8.28. The van der Waals surface area contributed by atoms with E-state index in [9.17, 15) is 0 Å². The zero-order valence-electron chi connectivity index (χ0n) is 17.5. The molecule has 30 heavy (non-hydrogen) atoms. The van der Waals surface area contributed by atoms with E-state index in [1.807, 2.05) is 24.3 Å². The van der Waals surface area contributed by atoms with Gasteiger partial charge in [0, 0.05) is 36.5 Å². The molecule has 1 fully saturated rings. The maximum Gasteiger partial charge on any atom is 0.183 e. The van der Waals surface area contributed by atoms with Crippen LogP contribution in [0.4, 0.5) is 0 Å². The molecular formula is C24H28ClN3O2. The molecule has 0 bridgehead atoms. The average molecular weight is 426 g/mol. The molecule has 1 atom stereocenters. The Kier molecular flexibility index (Phi) is 5.13. The van der Waals surface area contributed by atoms with Gasteiger partial charge in [0.2, 0.25) is 0 Å². The van der Waals surface area contributed by atoms with Gasteiger partial charge in [-0.2, -0.15) is 5.01 Å². The van der Waals surface area contributed by atoms with Crippen LogP contribution in [0.15, 0.2) is 48.5 Å². The van der Waals surface area contributed by atoms with Crippen LogP contribution in [0.2, 0.25) is 5.02 Å². The first-order valence-electron chi connectivity index (χ1n) is 10.8. The van der Waals surface area contributed by atoms with Gasteiger partial charge in [0.1, 0.15) is 0 Å². The summed E-state index contributed by atoms with van der Waals surface area (Å²) in [6.45, 7) is 5.43. The van der Waals surface area contributed by atoms with Crippen LogP contribution in [-0.4, -0.2) is 42.4 Å². The van der Waals surface area contributed by atoms with Crippen molar-refractivity contribution in [3.8, 4) is 11.5 Å². The lowest BCUT2D eigenvalue weighted by atomic mass is 9.92. The quantitative estimate of drug-likeness (QED) is 0.758. The fraction of sp³-hybridized carbons (Fsp3) is 0.417. The predicted molar refractivity (Wildman–Crippen MR) is 119 cm³/mol. The monoisotopic (exact) mass is 425 g/mol. The fourth-order valence-corrected chi connectivity index (χ4v) is 5.03. The van der Waals surface area contributed by atoms with Gasteiger partial charge in [-0.3, -0.25) is 0 Å². The lowest BCUT2D eigenvalue weighted by Gasteiger charge is -2.51. The van der Waals surface area contributed by atoms with Crippen LogP contribution in [-0.2, 0) is 0 Å². The molecule has 1 saturated heterocycles. The van der Waals surface area contributed by atoms with Gasteiger partial charge in [-0.05, 0) is 42.8 Å². The molecule has 5 nitrogen and oxygen atoms in total. The molecule has 2 aromatic rings. The van der Waals surface area contributed by atoms with Crippen LogP contribution in [0, 0.1) is 0 Å². The summed E-state index contributed by atoms with van der Waals surface area (Å²) in [5.41, 5.74) is 6.62. The minimum absolute atomic E-state index is 0.0900. The minimum atomic E-state index is -0.402. The van der Waals surface area contributed by atoms with Gasteiger partial charge in [-0.1, -0.05) is 42.8 Å². The number of halogens is 1. The summed E-state index contributed by atoms with van der Waals surface area (Å²) in [5.74, 6) is 1.68. The van der Waals surface area contributed by atoms with Gasteiger partial charge in [0.05, 0.1) is 18.8 Å². The highest BCUT2D eigenvalue weighted by Crippen LogP contribution is 2.51. The second kappa shape index (κ2) is 7.80. The van der Waals surface area contributed by atoms with Gasteiger partial charge in [0.15, 0.2) is 17.2 Å². The molecule has 3 aliphatic rings. The Balaban J connectivity index is 1.54. The van der Waals surface area contributed by atoms with E-state index < -0.39 is 5.72 Å². The summed E-state index contributed by atoms with van der Waals surface area (Å²) in [6.07, 6.45) is 5.35. The van der Waals surface area contributed by atoms with Crippen LogP contribution < -0.4 is 14.9 Å². The van der Waals surface area contributed by atoms with Gasteiger partial charge in [-0.25, -0.2) is 0 Å². The van der Waals surface area contributed by atoms with Crippen LogP contribution in [0.1, 0.15) is 43.4 Å². The van der Waals surface area contributed by atoms with Crippen molar-refractivity contribution in [2.45, 2.75) is 38.0 Å². The van der Waals surface area contributed by atoms with E-state index in [1.165, 1.54) is 6.42 Å². The molecule has 6 heteroatoms. The summed E-state index contributed by atoms with van der Waals surface area (Å²) in [6, 6.07) is 14.2. The first kappa shape index (κ1) is 19.7. The second-order valence-corrected chi connectivity index (χ2v) is 8.72. The molecule has 0 saturated carbocycles. The highest BCUT2D eigenvalue weighted by Gasteiger charge is 2.52. The molecule has 3 heterocycles. The highest BCUT2D eigenvalue weighted by molar-refractivity contribution is 6.30. The third-order valence-electron chi connectivity index (χ3n) is 6.46. The van der Waals surface area contributed by atoms with Crippen molar-refractivity contribution in [3.05, 3.63) is 64.7 Å². The molecule has 5 rings (SSSR count). The number of para-hydroxylation sites is 1. The van der Waals surface area contributed by atoms with Crippen molar-refractivity contribution < 1.29 is 9.47 Å². The maximum absolute atomic E-state index is 6.78. The van der Waals surface area contributed by atoms with Gasteiger partial charge in [-0.15, -0.1) is 0 Å². The van der Waals surface area contributed by atoms with Crippen LogP contribution in [0.25, 0.3) is 5.70 Å². The van der Waals surface area contributed by atoms with E-state index in [-0.39, 0.29) is 6.04 Å².